The van der Waals surface area contributed by atoms with Gasteiger partial charge in [-0.2, -0.15) is 4.31 Å². The molecule has 2 heterocycles. The Morgan fingerprint density at radius 2 is 1.82 bits per heavy atom. The smallest absolute Gasteiger partial charge is 0.243 e. The van der Waals surface area contributed by atoms with Crippen molar-refractivity contribution in [3.05, 3.63) is 59.5 Å². The highest BCUT2D eigenvalue weighted by Gasteiger charge is 2.25. The number of carbonyl (C=O) groups is 1. The van der Waals surface area contributed by atoms with Crippen LogP contribution in [0.2, 0.25) is 0 Å². The highest BCUT2D eigenvalue weighted by atomic mass is 32.2. The lowest BCUT2D eigenvalue weighted by Crippen LogP contribution is -2.35. The van der Waals surface area contributed by atoms with Gasteiger partial charge in [-0.15, -0.1) is 11.3 Å². The molecule has 9 heteroatoms. The molecule has 1 N–H and O–H groups in total. The van der Waals surface area contributed by atoms with E-state index in [1.165, 1.54) is 11.3 Å². The van der Waals surface area contributed by atoms with E-state index in [-0.39, 0.29) is 12.3 Å². The fourth-order valence-corrected chi connectivity index (χ4v) is 6.18. The Bertz CT molecular complexity index is 1220. The Balaban J connectivity index is 1.32. The number of hydrogen-bond acceptors (Lipinski definition) is 6. The monoisotopic (exact) mass is 499 g/mol. The Labute approximate surface area is 204 Å². The van der Waals surface area contributed by atoms with Gasteiger partial charge in [0.25, 0.3) is 0 Å². The van der Waals surface area contributed by atoms with Gasteiger partial charge in [0.1, 0.15) is 5.75 Å². The average molecular weight is 500 g/mol. The number of nitrogens with one attached hydrogen (secondary N) is 1. The number of benzene rings is 2. The fraction of sp³-hybridized carbons (Fsp3) is 0.360. The van der Waals surface area contributed by atoms with Gasteiger partial charge in [-0.25, -0.2) is 13.4 Å². The summed E-state index contributed by atoms with van der Waals surface area (Å²) in [4.78, 5) is 17.3. The minimum absolute atomic E-state index is 0.135. The molecule has 0 aliphatic carbocycles. The van der Waals surface area contributed by atoms with Crippen LogP contribution in [0.5, 0.6) is 5.75 Å². The third-order valence-electron chi connectivity index (χ3n) is 5.73. The van der Waals surface area contributed by atoms with Crippen molar-refractivity contribution in [3.8, 4) is 17.0 Å². The summed E-state index contributed by atoms with van der Waals surface area (Å²) in [5, 5.41) is 5.29. The zero-order valence-corrected chi connectivity index (χ0v) is 20.8. The molecule has 0 saturated carbocycles. The third-order valence-corrected chi connectivity index (χ3v) is 8.40. The lowest BCUT2D eigenvalue weighted by atomic mass is 10.1. The van der Waals surface area contributed by atoms with Crippen LogP contribution in [-0.4, -0.2) is 43.3 Å². The first-order valence-corrected chi connectivity index (χ1v) is 13.9. The van der Waals surface area contributed by atoms with Crippen LogP contribution < -0.4 is 10.1 Å². The highest BCUT2D eigenvalue weighted by molar-refractivity contribution is 7.89. The second kappa shape index (κ2) is 11.1. The van der Waals surface area contributed by atoms with Crippen LogP contribution in [0, 0.1) is 0 Å². The van der Waals surface area contributed by atoms with Gasteiger partial charge in [0.15, 0.2) is 5.13 Å². The van der Waals surface area contributed by atoms with Crippen LogP contribution in [0.1, 0.15) is 38.2 Å². The molecular formula is C25H29N3O4S2. The van der Waals surface area contributed by atoms with E-state index >= 15 is 0 Å². The fourth-order valence-electron chi connectivity index (χ4n) is 3.94. The number of rotatable bonds is 9. The van der Waals surface area contributed by atoms with E-state index in [4.69, 9.17) is 4.74 Å². The van der Waals surface area contributed by atoms with E-state index in [1.807, 2.05) is 36.6 Å². The first kappa shape index (κ1) is 24.4. The molecule has 0 unspecified atom stereocenters. The number of piperidine rings is 1. The number of sulfonamides is 1. The zero-order chi connectivity index (χ0) is 24.0. The Morgan fingerprint density at radius 1 is 1.09 bits per heavy atom. The van der Waals surface area contributed by atoms with Gasteiger partial charge in [0, 0.05) is 30.5 Å². The molecule has 4 rings (SSSR count). The zero-order valence-electron chi connectivity index (χ0n) is 19.2. The van der Waals surface area contributed by atoms with E-state index in [0.717, 1.165) is 41.8 Å². The third kappa shape index (κ3) is 5.84. The van der Waals surface area contributed by atoms with E-state index < -0.39 is 10.0 Å². The van der Waals surface area contributed by atoms with Crippen LogP contribution >= 0.6 is 11.3 Å². The maximum atomic E-state index is 12.8. The number of carbonyl (C=O) groups excluding carboxylic acids is 1. The van der Waals surface area contributed by atoms with Crippen LogP contribution in [0.15, 0.2) is 58.8 Å². The number of nitrogens with zero attached hydrogens (tertiary/aromatic N) is 2. The van der Waals surface area contributed by atoms with E-state index in [1.54, 1.807) is 28.6 Å². The molecule has 1 aromatic heterocycles. The Kier molecular flexibility index (Phi) is 7.97. The predicted molar refractivity (Wildman–Crippen MR) is 135 cm³/mol. The van der Waals surface area contributed by atoms with E-state index in [9.17, 15) is 13.2 Å². The maximum absolute atomic E-state index is 12.8. The molecule has 3 aromatic rings. The van der Waals surface area contributed by atoms with Crippen molar-refractivity contribution in [2.75, 3.05) is 25.0 Å². The van der Waals surface area contributed by atoms with Crippen molar-refractivity contribution in [1.29, 1.82) is 0 Å². The maximum Gasteiger partial charge on any atom is 0.243 e. The van der Waals surface area contributed by atoms with Gasteiger partial charge in [-0.1, -0.05) is 30.7 Å². The summed E-state index contributed by atoms with van der Waals surface area (Å²) in [6.45, 7) is 3.67. The summed E-state index contributed by atoms with van der Waals surface area (Å²) in [6.07, 6.45) is 3.69. The molecule has 0 radical (unpaired) electrons. The van der Waals surface area contributed by atoms with Gasteiger partial charge >= 0.3 is 0 Å². The standard InChI is InChI=1S/C25H29N3O4S2/c1-2-32-23-9-5-4-8-21(23)22-18-33-25(26-22)27-24(29)15-12-19-10-13-20(14-11-19)34(30,31)28-16-6-3-7-17-28/h4-5,8-11,13-14,18H,2-3,6-7,12,15-17H2,1H3,(H,26,27,29). The van der Waals surface area contributed by atoms with Gasteiger partial charge in [0.2, 0.25) is 15.9 Å². The van der Waals surface area contributed by atoms with Crippen LogP contribution in [0.25, 0.3) is 11.3 Å². The van der Waals surface area contributed by atoms with Crippen molar-refractivity contribution >= 4 is 32.4 Å². The molecule has 2 aromatic carbocycles. The Morgan fingerprint density at radius 3 is 2.56 bits per heavy atom. The van der Waals surface area contributed by atoms with Crippen molar-refractivity contribution in [2.45, 2.75) is 43.9 Å². The lowest BCUT2D eigenvalue weighted by Gasteiger charge is -2.25. The molecule has 0 spiro atoms. The largest absolute Gasteiger partial charge is 0.493 e. The Hall–Kier alpha value is -2.75. The summed E-state index contributed by atoms with van der Waals surface area (Å²) in [7, 11) is -3.44. The molecule has 34 heavy (non-hydrogen) atoms. The predicted octanol–water partition coefficient (Wildman–Crippen LogP) is 4.95. The summed E-state index contributed by atoms with van der Waals surface area (Å²) < 4.78 is 32.8. The number of aromatic nitrogens is 1. The van der Waals surface area contributed by atoms with Crippen LogP contribution in [-0.2, 0) is 21.2 Å². The number of para-hydroxylation sites is 1. The summed E-state index contributed by atoms with van der Waals surface area (Å²) in [5.41, 5.74) is 2.56. The van der Waals surface area contributed by atoms with Crippen molar-refractivity contribution in [3.63, 3.8) is 0 Å². The number of amides is 1. The average Bonchev–Trinajstić information content (AvgIpc) is 3.32. The number of hydrogen-bond donors (Lipinski definition) is 1. The SMILES string of the molecule is CCOc1ccccc1-c1csc(NC(=O)CCc2ccc(S(=O)(=O)N3CCCCC3)cc2)n1. The van der Waals surface area contributed by atoms with Gasteiger partial charge < -0.3 is 10.1 Å². The number of aryl methyl sites for hydroxylation is 1. The number of anilines is 1. The molecule has 1 aliphatic heterocycles. The molecular weight excluding hydrogens is 470 g/mol. The van der Waals surface area contributed by atoms with E-state index in [0.29, 0.717) is 36.1 Å². The second-order valence-corrected chi connectivity index (χ2v) is 10.9. The highest BCUT2D eigenvalue weighted by Crippen LogP contribution is 2.32. The van der Waals surface area contributed by atoms with Gasteiger partial charge in [-0.05, 0) is 56.0 Å². The lowest BCUT2D eigenvalue weighted by molar-refractivity contribution is -0.116. The van der Waals surface area contributed by atoms with Crippen LogP contribution in [0.4, 0.5) is 5.13 Å². The second-order valence-electron chi connectivity index (χ2n) is 8.12. The van der Waals surface area contributed by atoms with Crippen molar-refractivity contribution in [2.24, 2.45) is 0 Å². The van der Waals surface area contributed by atoms with Crippen molar-refractivity contribution in [1.82, 2.24) is 9.29 Å². The first-order valence-electron chi connectivity index (χ1n) is 11.5. The normalized spacial score (nSPS) is 14.6. The first-order chi connectivity index (χ1) is 16.5. The molecule has 1 saturated heterocycles. The van der Waals surface area contributed by atoms with E-state index in [2.05, 4.69) is 10.3 Å². The van der Waals surface area contributed by atoms with Crippen LogP contribution in [0.3, 0.4) is 0 Å². The summed E-state index contributed by atoms with van der Waals surface area (Å²) in [5.74, 6) is 0.628. The topological polar surface area (TPSA) is 88.6 Å². The number of ether oxygens (including phenoxy) is 1. The minimum Gasteiger partial charge on any atom is -0.493 e. The summed E-state index contributed by atoms with van der Waals surface area (Å²) in [6, 6.07) is 14.5. The molecule has 0 atom stereocenters. The molecule has 0 bridgehead atoms. The molecule has 180 valence electrons. The van der Waals surface area contributed by atoms with Gasteiger partial charge in [-0.3, -0.25) is 4.79 Å². The number of thiazole rings is 1. The quantitative estimate of drug-likeness (QED) is 0.450. The molecule has 1 amide bonds. The van der Waals surface area contributed by atoms with Crippen molar-refractivity contribution < 1.29 is 17.9 Å². The molecule has 1 aliphatic rings. The van der Waals surface area contributed by atoms with Gasteiger partial charge in [0.05, 0.1) is 17.2 Å². The molecule has 7 nitrogen and oxygen atoms in total. The molecule has 1 fully saturated rings. The summed E-state index contributed by atoms with van der Waals surface area (Å²) >= 11 is 1.37. The minimum atomic E-state index is -3.44.